The monoisotopic (exact) mass is 675 g/mol. The Balaban J connectivity index is 1.60. The van der Waals surface area contributed by atoms with Crippen LogP contribution in [0.1, 0.15) is 44.2 Å². The maximum atomic E-state index is 14.0. The van der Waals surface area contributed by atoms with Crippen LogP contribution in [0.5, 0.6) is 11.5 Å². The number of hydrogen-bond acceptors (Lipinski definition) is 6. The highest BCUT2D eigenvalue weighted by atomic mass is 35.5. The molecule has 1 aliphatic heterocycles. The van der Waals surface area contributed by atoms with E-state index in [4.69, 9.17) is 32.7 Å². The van der Waals surface area contributed by atoms with Crippen LogP contribution in [0.4, 0.5) is 5.69 Å². The average molecular weight is 677 g/mol. The highest BCUT2D eigenvalue weighted by Crippen LogP contribution is 2.35. The summed E-state index contributed by atoms with van der Waals surface area (Å²) in [7, 11) is -3.69. The molecular weight excluding hydrogens is 637 g/mol. The van der Waals surface area contributed by atoms with Gasteiger partial charge in [0.1, 0.15) is 19.3 Å². The molecule has 0 unspecified atom stereocenters. The number of ether oxygens (including phenoxy) is 2. The van der Waals surface area contributed by atoms with Crippen LogP contribution in [-0.2, 0) is 32.6 Å². The van der Waals surface area contributed by atoms with E-state index < -0.39 is 16.1 Å². The summed E-state index contributed by atoms with van der Waals surface area (Å²) in [6.45, 7) is 4.79. The standard InChI is InChI=1S/C33H39Cl2N3O6S/c1-4-23(2)36-33(40)29(19-24-9-6-5-7-10-24)37(22-25-12-13-26(34)20-28(25)35)32(39)11-8-16-38(45(3,41)42)27-14-15-30-31(21-27)44-18-17-43-30/h5-7,9-10,12-15,20-21,23,29H,4,8,11,16-19,22H2,1-3H3,(H,36,40)/t23-,29+/m1/s1. The predicted molar refractivity (Wildman–Crippen MR) is 178 cm³/mol. The van der Waals surface area contributed by atoms with Crippen LogP contribution < -0.4 is 19.1 Å². The van der Waals surface area contributed by atoms with Crippen molar-refractivity contribution < 1.29 is 27.5 Å². The normalized spacial score (nSPS) is 13.9. The second kappa shape index (κ2) is 15.7. The molecule has 3 aromatic carbocycles. The zero-order valence-electron chi connectivity index (χ0n) is 25.7. The summed E-state index contributed by atoms with van der Waals surface area (Å²) >= 11 is 12.7. The number of anilines is 1. The Morgan fingerprint density at radius 3 is 2.36 bits per heavy atom. The van der Waals surface area contributed by atoms with Crippen LogP contribution in [0.25, 0.3) is 0 Å². The molecular formula is C33H39Cl2N3O6S. The molecule has 2 amide bonds. The van der Waals surface area contributed by atoms with Gasteiger partial charge in [0.2, 0.25) is 21.8 Å². The van der Waals surface area contributed by atoms with Crippen molar-refractivity contribution in [1.82, 2.24) is 10.2 Å². The Morgan fingerprint density at radius 2 is 1.69 bits per heavy atom. The number of benzene rings is 3. The molecule has 12 heteroatoms. The van der Waals surface area contributed by atoms with Gasteiger partial charge in [-0.1, -0.05) is 66.5 Å². The second-order valence-corrected chi connectivity index (χ2v) is 13.8. The predicted octanol–water partition coefficient (Wildman–Crippen LogP) is 5.87. The molecule has 45 heavy (non-hydrogen) atoms. The number of rotatable bonds is 14. The first-order valence-electron chi connectivity index (χ1n) is 14.9. The van der Waals surface area contributed by atoms with Crippen molar-refractivity contribution >= 4 is 50.7 Å². The number of nitrogens with one attached hydrogen (secondary N) is 1. The lowest BCUT2D eigenvalue weighted by Crippen LogP contribution is -2.52. The smallest absolute Gasteiger partial charge is 0.243 e. The Labute approximate surface area is 275 Å². The first kappa shape index (κ1) is 34.4. The Morgan fingerprint density at radius 1 is 0.978 bits per heavy atom. The number of carbonyl (C=O) groups excluding carboxylic acids is 2. The van der Waals surface area contributed by atoms with Crippen molar-refractivity contribution in [3.63, 3.8) is 0 Å². The maximum absolute atomic E-state index is 14.0. The molecule has 4 rings (SSSR count). The van der Waals surface area contributed by atoms with Gasteiger partial charge in [-0.25, -0.2) is 8.42 Å². The second-order valence-electron chi connectivity index (χ2n) is 11.0. The van der Waals surface area contributed by atoms with E-state index >= 15 is 0 Å². The van der Waals surface area contributed by atoms with Gasteiger partial charge >= 0.3 is 0 Å². The molecule has 1 N–H and O–H groups in total. The molecule has 0 radical (unpaired) electrons. The highest BCUT2D eigenvalue weighted by molar-refractivity contribution is 7.92. The molecule has 1 heterocycles. The van der Waals surface area contributed by atoms with Crippen LogP contribution in [0.15, 0.2) is 66.7 Å². The average Bonchev–Trinajstić information content (AvgIpc) is 3.01. The number of sulfonamides is 1. The summed E-state index contributed by atoms with van der Waals surface area (Å²) in [5.74, 6) is 0.424. The van der Waals surface area contributed by atoms with Crippen LogP contribution in [0.2, 0.25) is 10.0 Å². The molecule has 242 valence electrons. The minimum atomic E-state index is -3.69. The van der Waals surface area contributed by atoms with Crippen molar-refractivity contribution in [2.75, 3.05) is 30.3 Å². The summed E-state index contributed by atoms with van der Waals surface area (Å²) in [6.07, 6.45) is 2.32. The van der Waals surface area contributed by atoms with E-state index in [9.17, 15) is 18.0 Å². The number of nitrogens with zero attached hydrogens (tertiary/aromatic N) is 2. The summed E-state index contributed by atoms with van der Waals surface area (Å²) < 4.78 is 38.1. The molecule has 0 fully saturated rings. The van der Waals surface area contributed by atoms with Crippen molar-refractivity contribution in [1.29, 1.82) is 0 Å². The van der Waals surface area contributed by atoms with E-state index in [0.717, 1.165) is 18.2 Å². The van der Waals surface area contributed by atoms with E-state index in [0.29, 0.717) is 46.0 Å². The zero-order valence-corrected chi connectivity index (χ0v) is 28.0. The molecule has 0 aromatic heterocycles. The van der Waals surface area contributed by atoms with Gasteiger partial charge in [0, 0.05) is 48.1 Å². The molecule has 0 spiro atoms. The molecule has 9 nitrogen and oxygen atoms in total. The summed E-state index contributed by atoms with van der Waals surface area (Å²) in [6, 6.07) is 18.5. The third-order valence-electron chi connectivity index (χ3n) is 7.59. The van der Waals surface area contributed by atoms with Gasteiger partial charge in [-0.3, -0.25) is 13.9 Å². The van der Waals surface area contributed by atoms with Crippen molar-refractivity contribution in [3.8, 4) is 11.5 Å². The van der Waals surface area contributed by atoms with Crippen LogP contribution in [0, 0.1) is 0 Å². The minimum Gasteiger partial charge on any atom is -0.486 e. The number of hydrogen-bond donors (Lipinski definition) is 1. The van der Waals surface area contributed by atoms with Gasteiger partial charge in [-0.15, -0.1) is 0 Å². The van der Waals surface area contributed by atoms with E-state index in [1.807, 2.05) is 44.2 Å². The number of carbonyl (C=O) groups is 2. The molecule has 0 aliphatic carbocycles. The van der Waals surface area contributed by atoms with Crippen molar-refractivity contribution in [2.45, 2.75) is 58.2 Å². The van der Waals surface area contributed by atoms with Crippen LogP contribution in [-0.4, -0.2) is 63.2 Å². The highest BCUT2D eigenvalue weighted by Gasteiger charge is 2.31. The SMILES string of the molecule is CC[C@@H](C)NC(=O)[C@H](Cc1ccccc1)N(Cc1ccc(Cl)cc1Cl)C(=O)CCCN(c1ccc2c(c1)OCCO2)S(C)(=O)=O. The summed E-state index contributed by atoms with van der Waals surface area (Å²) in [4.78, 5) is 29.3. The third-order valence-corrected chi connectivity index (χ3v) is 9.37. The third kappa shape index (κ3) is 9.51. The Hall–Kier alpha value is -3.47. The van der Waals surface area contributed by atoms with Crippen molar-refractivity contribution in [3.05, 3.63) is 87.9 Å². The lowest BCUT2D eigenvalue weighted by Gasteiger charge is -2.33. The molecule has 0 bridgehead atoms. The van der Waals surface area contributed by atoms with Gasteiger partial charge in [0.05, 0.1) is 11.9 Å². The fourth-order valence-electron chi connectivity index (χ4n) is 5.02. The topological polar surface area (TPSA) is 105 Å². The zero-order chi connectivity index (χ0) is 32.6. The molecule has 0 saturated carbocycles. The largest absolute Gasteiger partial charge is 0.486 e. The van der Waals surface area contributed by atoms with E-state index in [1.54, 1.807) is 36.4 Å². The summed E-state index contributed by atoms with van der Waals surface area (Å²) in [5, 5.41) is 3.87. The number of halogens is 2. The fourth-order valence-corrected chi connectivity index (χ4v) is 6.45. The minimum absolute atomic E-state index is 0.0102. The number of fused-ring (bicyclic) bond motifs is 1. The Kier molecular flexibility index (Phi) is 12.0. The van der Waals surface area contributed by atoms with Gasteiger partial charge in [-0.05, 0) is 55.2 Å². The molecule has 1 aliphatic rings. The van der Waals surface area contributed by atoms with E-state index in [1.165, 1.54) is 9.21 Å². The molecule has 0 saturated heterocycles. The van der Waals surface area contributed by atoms with Crippen LogP contribution >= 0.6 is 23.2 Å². The van der Waals surface area contributed by atoms with Gasteiger partial charge in [-0.2, -0.15) is 0 Å². The quantitative estimate of drug-likeness (QED) is 0.229. The van der Waals surface area contributed by atoms with Crippen molar-refractivity contribution in [2.24, 2.45) is 0 Å². The summed E-state index contributed by atoms with van der Waals surface area (Å²) in [5.41, 5.74) is 1.94. The van der Waals surface area contributed by atoms with Gasteiger partial charge < -0.3 is 19.7 Å². The fraction of sp³-hybridized carbons (Fsp3) is 0.394. The van der Waals surface area contributed by atoms with Gasteiger partial charge in [0.15, 0.2) is 11.5 Å². The van der Waals surface area contributed by atoms with E-state index in [2.05, 4.69) is 5.32 Å². The maximum Gasteiger partial charge on any atom is 0.243 e. The number of amides is 2. The first-order valence-corrected chi connectivity index (χ1v) is 17.5. The Bertz CT molecular complexity index is 1590. The lowest BCUT2D eigenvalue weighted by atomic mass is 10.0. The molecule has 2 atom stereocenters. The molecule has 3 aromatic rings. The lowest BCUT2D eigenvalue weighted by molar-refractivity contribution is -0.141. The van der Waals surface area contributed by atoms with E-state index in [-0.39, 0.29) is 50.2 Å². The van der Waals surface area contributed by atoms with Crippen LogP contribution in [0.3, 0.4) is 0 Å². The van der Waals surface area contributed by atoms with Gasteiger partial charge in [0.25, 0.3) is 0 Å². The first-order chi connectivity index (χ1) is 21.5.